The summed E-state index contributed by atoms with van der Waals surface area (Å²) in [5.41, 5.74) is 0.663. The van der Waals surface area contributed by atoms with Gasteiger partial charge in [0.25, 0.3) is 0 Å². The van der Waals surface area contributed by atoms with Crippen molar-refractivity contribution in [1.29, 1.82) is 0 Å². The number of anilines is 1. The molecule has 0 saturated heterocycles. The van der Waals surface area contributed by atoms with Crippen LogP contribution in [0.5, 0.6) is 5.75 Å². The molecule has 0 amide bonds. The van der Waals surface area contributed by atoms with Gasteiger partial charge in [0.2, 0.25) is 0 Å². The lowest BCUT2D eigenvalue weighted by Gasteiger charge is -2.22. The standard InChI is InChI=1S/C15H21NO5/c1-11(2)10-21-13-5-3-12(4-6-13)16(9-15(19)20)8-7-14(17)18/h3-6,11H,7-10H2,1-2H3,(H,17,18)(H,19,20). The predicted molar refractivity (Wildman–Crippen MR) is 78.9 cm³/mol. The Hall–Kier alpha value is -2.24. The first-order valence-corrected chi connectivity index (χ1v) is 6.80. The van der Waals surface area contributed by atoms with E-state index in [-0.39, 0.29) is 19.5 Å². The third kappa shape index (κ3) is 6.65. The fraction of sp³-hybridized carbons (Fsp3) is 0.467. The van der Waals surface area contributed by atoms with Gasteiger partial charge in [-0.1, -0.05) is 13.8 Å². The van der Waals surface area contributed by atoms with Crippen molar-refractivity contribution in [1.82, 2.24) is 0 Å². The number of hydrogen-bond donors (Lipinski definition) is 2. The molecule has 0 unspecified atom stereocenters. The molecule has 0 aromatic heterocycles. The van der Waals surface area contributed by atoms with Gasteiger partial charge in [0.15, 0.2) is 0 Å². The van der Waals surface area contributed by atoms with E-state index < -0.39 is 11.9 Å². The molecular formula is C15H21NO5. The summed E-state index contributed by atoms with van der Waals surface area (Å²) in [4.78, 5) is 23.0. The van der Waals surface area contributed by atoms with Crippen LogP contribution in [0.2, 0.25) is 0 Å². The van der Waals surface area contributed by atoms with Gasteiger partial charge in [0.1, 0.15) is 12.3 Å². The largest absolute Gasteiger partial charge is 0.493 e. The van der Waals surface area contributed by atoms with Crippen LogP contribution in [-0.4, -0.2) is 41.8 Å². The van der Waals surface area contributed by atoms with Crippen molar-refractivity contribution >= 4 is 17.6 Å². The van der Waals surface area contributed by atoms with E-state index in [4.69, 9.17) is 14.9 Å². The normalized spacial score (nSPS) is 10.4. The molecule has 1 aromatic carbocycles. The van der Waals surface area contributed by atoms with Gasteiger partial charge in [0.05, 0.1) is 13.0 Å². The molecule has 1 rings (SSSR count). The lowest BCUT2D eigenvalue weighted by Crippen LogP contribution is -2.31. The van der Waals surface area contributed by atoms with Crippen molar-refractivity contribution in [3.05, 3.63) is 24.3 Å². The second-order valence-corrected chi connectivity index (χ2v) is 5.16. The van der Waals surface area contributed by atoms with Crippen LogP contribution in [0.4, 0.5) is 5.69 Å². The minimum atomic E-state index is -1.000. The maximum absolute atomic E-state index is 10.9. The highest BCUT2D eigenvalue weighted by molar-refractivity contribution is 5.74. The third-order valence-corrected chi connectivity index (χ3v) is 2.71. The third-order valence-electron chi connectivity index (χ3n) is 2.71. The number of benzene rings is 1. The van der Waals surface area contributed by atoms with Gasteiger partial charge in [-0.05, 0) is 30.2 Å². The first-order valence-electron chi connectivity index (χ1n) is 6.80. The summed E-state index contributed by atoms with van der Waals surface area (Å²) in [6.07, 6.45) is -0.112. The molecule has 21 heavy (non-hydrogen) atoms. The molecule has 2 N–H and O–H groups in total. The van der Waals surface area contributed by atoms with Crippen LogP contribution in [0.3, 0.4) is 0 Å². The first-order chi connectivity index (χ1) is 9.88. The number of aliphatic carboxylic acids is 2. The number of ether oxygens (including phenoxy) is 1. The number of carbonyl (C=O) groups is 2. The molecule has 6 heteroatoms. The van der Waals surface area contributed by atoms with Gasteiger partial charge in [-0.2, -0.15) is 0 Å². The SMILES string of the molecule is CC(C)COc1ccc(N(CCC(=O)O)CC(=O)O)cc1. The molecule has 0 aliphatic rings. The Balaban J connectivity index is 2.72. The molecule has 0 bridgehead atoms. The van der Waals surface area contributed by atoms with E-state index in [1.807, 2.05) is 0 Å². The molecule has 116 valence electrons. The van der Waals surface area contributed by atoms with Crippen LogP contribution in [0, 0.1) is 5.92 Å². The number of rotatable bonds is 9. The Morgan fingerprint density at radius 1 is 1.14 bits per heavy atom. The zero-order valence-electron chi connectivity index (χ0n) is 12.3. The predicted octanol–water partition coefficient (Wildman–Crippen LogP) is 2.09. The van der Waals surface area contributed by atoms with Gasteiger partial charge in [0, 0.05) is 12.2 Å². The zero-order valence-corrected chi connectivity index (χ0v) is 12.3. The minimum Gasteiger partial charge on any atom is -0.493 e. The van der Waals surface area contributed by atoms with Crippen LogP contribution < -0.4 is 9.64 Å². The first kappa shape index (κ1) is 16.8. The molecule has 0 aliphatic carbocycles. The van der Waals surface area contributed by atoms with Crippen molar-refractivity contribution in [2.45, 2.75) is 20.3 Å². The van der Waals surface area contributed by atoms with E-state index >= 15 is 0 Å². The summed E-state index contributed by atoms with van der Waals surface area (Å²) in [5, 5.41) is 17.6. The molecule has 0 aliphatic heterocycles. The molecular weight excluding hydrogens is 274 g/mol. The quantitative estimate of drug-likeness (QED) is 0.725. The van der Waals surface area contributed by atoms with E-state index in [9.17, 15) is 9.59 Å². The van der Waals surface area contributed by atoms with Gasteiger partial charge in [-0.15, -0.1) is 0 Å². The number of carboxylic acids is 2. The number of hydrogen-bond acceptors (Lipinski definition) is 4. The maximum Gasteiger partial charge on any atom is 0.323 e. The lowest BCUT2D eigenvalue weighted by molar-refractivity contribution is -0.138. The highest BCUT2D eigenvalue weighted by Gasteiger charge is 2.12. The van der Waals surface area contributed by atoms with Crippen LogP contribution >= 0.6 is 0 Å². The molecule has 0 saturated carbocycles. The Morgan fingerprint density at radius 2 is 1.76 bits per heavy atom. The Labute approximate surface area is 124 Å². The fourth-order valence-corrected chi connectivity index (χ4v) is 1.71. The van der Waals surface area contributed by atoms with E-state index in [0.29, 0.717) is 24.0 Å². The Bertz CT molecular complexity index is 469. The second kappa shape index (κ2) is 8.14. The van der Waals surface area contributed by atoms with Crippen molar-refractivity contribution in [2.75, 3.05) is 24.6 Å². The van der Waals surface area contributed by atoms with Gasteiger partial charge < -0.3 is 19.8 Å². The van der Waals surface area contributed by atoms with Crippen LogP contribution in [0.15, 0.2) is 24.3 Å². The van der Waals surface area contributed by atoms with Crippen LogP contribution in [0.1, 0.15) is 20.3 Å². The summed E-state index contributed by atoms with van der Waals surface area (Å²) < 4.78 is 5.55. The van der Waals surface area contributed by atoms with E-state index in [1.54, 1.807) is 24.3 Å². The Kier molecular flexibility index (Phi) is 6.52. The van der Waals surface area contributed by atoms with Crippen LogP contribution in [0.25, 0.3) is 0 Å². The molecule has 0 spiro atoms. The summed E-state index contributed by atoms with van der Waals surface area (Å²) in [7, 11) is 0. The highest BCUT2D eigenvalue weighted by Crippen LogP contribution is 2.20. The monoisotopic (exact) mass is 295 g/mol. The van der Waals surface area contributed by atoms with Gasteiger partial charge in [-0.3, -0.25) is 9.59 Å². The summed E-state index contributed by atoms with van der Waals surface area (Å²) >= 11 is 0. The second-order valence-electron chi connectivity index (χ2n) is 5.16. The molecule has 0 atom stereocenters. The summed E-state index contributed by atoms with van der Waals surface area (Å²) in [6, 6.07) is 6.99. The number of carboxylic acid groups (broad SMARTS) is 2. The molecule has 0 heterocycles. The molecule has 0 fully saturated rings. The van der Waals surface area contributed by atoms with Crippen LogP contribution in [-0.2, 0) is 9.59 Å². The van der Waals surface area contributed by atoms with Crippen molar-refractivity contribution in [2.24, 2.45) is 5.92 Å². The molecule has 0 radical (unpaired) electrons. The van der Waals surface area contributed by atoms with E-state index in [1.165, 1.54) is 4.90 Å². The average Bonchev–Trinajstić information content (AvgIpc) is 2.41. The minimum absolute atomic E-state index is 0.112. The summed E-state index contributed by atoms with van der Waals surface area (Å²) in [5.74, 6) is -0.826. The lowest BCUT2D eigenvalue weighted by atomic mass is 10.2. The van der Waals surface area contributed by atoms with Gasteiger partial charge >= 0.3 is 11.9 Å². The number of nitrogens with zero attached hydrogens (tertiary/aromatic N) is 1. The van der Waals surface area contributed by atoms with Crippen molar-refractivity contribution in [3.8, 4) is 5.75 Å². The fourth-order valence-electron chi connectivity index (χ4n) is 1.71. The van der Waals surface area contributed by atoms with Gasteiger partial charge in [-0.25, -0.2) is 0 Å². The van der Waals surface area contributed by atoms with Crippen molar-refractivity contribution in [3.63, 3.8) is 0 Å². The topological polar surface area (TPSA) is 87.1 Å². The molecule has 1 aromatic rings. The Morgan fingerprint density at radius 3 is 2.24 bits per heavy atom. The van der Waals surface area contributed by atoms with E-state index in [2.05, 4.69) is 13.8 Å². The maximum atomic E-state index is 10.9. The smallest absolute Gasteiger partial charge is 0.323 e. The zero-order chi connectivity index (χ0) is 15.8. The average molecular weight is 295 g/mol. The molecule has 6 nitrogen and oxygen atoms in total. The highest BCUT2D eigenvalue weighted by atomic mass is 16.5. The summed E-state index contributed by atoms with van der Waals surface area (Å²) in [6.45, 7) is 4.62. The van der Waals surface area contributed by atoms with Crippen molar-refractivity contribution < 1.29 is 24.5 Å². The van der Waals surface area contributed by atoms with E-state index in [0.717, 1.165) is 0 Å².